The van der Waals surface area contributed by atoms with Gasteiger partial charge in [0.1, 0.15) is 5.82 Å². The minimum Gasteiger partial charge on any atom is -0.351 e. The third-order valence-electron chi connectivity index (χ3n) is 3.11. The Morgan fingerprint density at radius 2 is 2.33 bits per heavy atom. The predicted octanol–water partition coefficient (Wildman–Crippen LogP) is 2.24. The van der Waals surface area contributed by atoms with Gasteiger partial charge >= 0.3 is 0 Å². The summed E-state index contributed by atoms with van der Waals surface area (Å²) in [6.07, 6.45) is 2.99. The summed E-state index contributed by atoms with van der Waals surface area (Å²) in [4.78, 5) is 11.8. The summed E-state index contributed by atoms with van der Waals surface area (Å²) < 4.78 is 13.6. The molecule has 1 amide bonds. The average molecular weight is 271 g/mol. The van der Waals surface area contributed by atoms with Crippen LogP contribution in [0.15, 0.2) is 18.2 Å². The highest BCUT2D eigenvalue weighted by Gasteiger charge is 2.20. The number of nitrogens with one attached hydrogen (secondary N) is 2. The van der Waals surface area contributed by atoms with Crippen LogP contribution in [0.2, 0.25) is 5.02 Å². The van der Waals surface area contributed by atoms with Crippen molar-refractivity contribution in [3.63, 3.8) is 0 Å². The van der Waals surface area contributed by atoms with Gasteiger partial charge in [0, 0.05) is 12.1 Å². The van der Waals surface area contributed by atoms with Crippen molar-refractivity contribution in [2.45, 2.75) is 31.8 Å². The number of rotatable bonds is 3. The van der Waals surface area contributed by atoms with Crippen LogP contribution < -0.4 is 10.6 Å². The number of carbonyl (C=O) groups is 1. The van der Waals surface area contributed by atoms with Crippen LogP contribution in [0.5, 0.6) is 0 Å². The van der Waals surface area contributed by atoms with E-state index in [2.05, 4.69) is 10.6 Å². The normalized spacial score (nSPS) is 19.6. The minimum atomic E-state index is -0.462. The monoisotopic (exact) mass is 270 g/mol. The second-order valence-electron chi connectivity index (χ2n) is 4.43. The van der Waals surface area contributed by atoms with Gasteiger partial charge in [0.15, 0.2) is 0 Å². The van der Waals surface area contributed by atoms with E-state index in [1.165, 1.54) is 6.07 Å². The Labute approximate surface area is 111 Å². The van der Waals surface area contributed by atoms with Crippen molar-refractivity contribution in [2.24, 2.45) is 0 Å². The summed E-state index contributed by atoms with van der Waals surface area (Å²) >= 11 is 5.68. The van der Waals surface area contributed by atoms with Gasteiger partial charge in [0.2, 0.25) is 5.91 Å². The lowest BCUT2D eigenvalue weighted by Crippen LogP contribution is -2.46. The molecule has 1 aliphatic heterocycles. The zero-order valence-electron chi connectivity index (χ0n) is 10.0. The van der Waals surface area contributed by atoms with Gasteiger partial charge in [-0.3, -0.25) is 4.79 Å². The molecule has 18 heavy (non-hydrogen) atoms. The highest BCUT2D eigenvalue weighted by Crippen LogP contribution is 2.17. The molecular weight excluding hydrogens is 255 g/mol. The van der Waals surface area contributed by atoms with Crippen molar-refractivity contribution >= 4 is 17.5 Å². The molecular formula is C13H16ClFN2O. The van der Waals surface area contributed by atoms with Gasteiger partial charge in [-0.15, -0.1) is 0 Å². The number of hydrogen-bond donors (Lipinski definition) is 2. The Balaban J connectivity index is 1.90. The molecule has 1 saturated heterocycles. The Morgan fingerprint density at radius 3 is 3.06 bits per heavy atom. The maximum atomic E-state index is 13.6. The molecule has 0 spiro atoms. The first kappa shape index (κ1) is 13.3. The van der Waals surface area contributed by atoms with Crippen LogP contribution in [-0.2, 0) is 11.3 Å². The fourth-order valence-electron chi connectivity index (χ4n) is 2.07. The summed E-state index contributed by atoms with van der Waals surface area (Å²) in [5.41, 5.74) is 0.409. The molecule has 0 bridgehead atoms. The Hall–Kier alpha value is -1.13. The van der Waals surface area contributed by atoms with Crippen LogP contribution in [0.3, 0.4) is 0 Å². The molecule has 2 rings (SSSR count). The van der Waals surface area contributed by atoms with Crippen molar-refractivity contribution in [1.29, 1.82) is 0 Å². The zero-order valence-corrected chi connectivity index (χ0v) is 10.8. The molecule has 1 aromatic carbocycles. The summed E-state index contributed by atoms with van der Waals surface area (Å²) in [5.74, 6) is -0.537. The molecule has 1 aromatic rings. The van der Waals surface area contributed by atoms with E-state index in [1.807, 2.05) is 0 Å². The van der Waals surface area contributed by atoms with Crippen molar-refractivity contribution < 1.29 is 9.18 Å². The number of amides is 1. The van der Waals surface area contributed by atoms with E-state index in [4.69, 9.17) is 11.6 Å². The largest absolute Gasteiger partial charge is 0.351 e. The first-order valence-electron chi connectivity index (χ1n) is 6.12. The number of halogens is 2. The average Bonchev–Trinajstić information content (AvgIpc) is 2.41. The van der Waals surface area contributed by atoms with E-state index in [9.17, 15) is 9.18 Å². The minimum absolute atomic E-state index is 0.0749. The Morgan fingerprint density at radius 1 is 1.50 bits per heavy atom. The van der Waals surface area contributed by atoms with Crippen LogP contribution in [-0.4, -0.2) is 18.5 Å². The van der Waals surface area contributed by atoms with Crippen LogP contribution >= 0.6 is 11.6 Å². The maximum Gasteiger partial charge on any atom is 0.237 e. The lowest BCUT2D eigenvalue weighted by Gasteiger charge is -2.22. The fraction of sp³-hybridized carbons (Fsp3) is 0.462. The molecule has 5 heteroatoms. The van der Waals surface area contributed by atoms with E-state index < -0.39 is 5.82 Å². The van der Waals surface area contributed by atoms with Gasteiger partial charge in [-0.25, -0.2) is 4.39 Å². The van der Waals surface area contributed by atoms with Gasteiger partial charge in [0.05, 0.1) is 11.1 Å². The smallest absolute Gasteiger partial charge is 0.237 e. The molecule has 1 atom stereocenters. The molecule has 1 aliphatic rings. The third-order valence-corrected chi connectivity index (χ3v) is 3.40. The van der Waals surface area contributed by atoms with Crippen LogP contribution in [0.1, 0.15) is 24.8 Å². The molecule has 0 saturated carbocycles. The highest BCUT2D eigenvalue weighted by atomic mass is 35.5. The second kappa shape index (κ2) is 6.16. The molecule has 1 unspecified atom stereocenters. The van der Waals surface area contributed by atoms with Crippen LogP contribution in [0.25, 0.3) is 0 Å². The lowest BCUT2D eigenvalue weighted by molar-refractivity contribution is -0.123. The first-order chi connectivity index (χ1) is 8.68. The van der Waals surface area contributed by atoms with Gasteiger partial charge in [-0.1, -0.05) is 30.2 Å². The number of carbonyl (C=O) groups excluding carboxylic acids is 1. The van der Waals surface area contributed by atoms with E-state index in [-0.39, 0.29) is 23.5 Å². The predicted molar refractivity (Wildman–Crippen MR) is 68.9 cm³/mol. The zero-order chi connectivity index (χ0) is 13.0. The summed E-state index contributed by atoms with van der Waals surface area (Å²) in [5, 5.41) is 5.97. The Bertz CT molecular complexity index is 433. The molecule has 1 heterocycles. The molecule has 0 aliphatic carbocycles. The highest BCUT2D eigenvalue weighted by molar-refractivity contribution is 6.30. The number of benzene rings is 1. The summed E-state index contributed by atoms with van der Waals surface area (Å²) in [7, 11) is 0. The summed E-state index contributed by atoms with van der Waals surface area (Å²) in [6.45, 7) is 1.03. The van der Waals surface area contributed by atoms with Gasteiger partial charge in [-0.2, -0.15) is 0 Å². The molecule has 3 nitrogen and oxygen atoms in total. The van der Waals surface area contributed by atoms with E-state index in [0.29, 0.717) is 5.56 Å². The quantitative estimate of drug-likeness (QED) is 0.884. The summed E-state index contributed by atoms with van der Waals surface area (Å²) in [6, 6.07) is 4.63. The third kappa shape index (κ3) is 3.21. The lowest BCUT2D eigenvalue weighted by atomic mass is 10.0. The van der Waals surface area contributed by atoms with Crippen LogP contribution in [0.4, 0.5) is 4.39 Å². The van der Waals surface area contributed by atoms with Gasteiger partial charge in [-0.05, 0) is 25.5 Å². The standard InChI is InChI=1S/C13H16ClFN2O/c14-10-5-3-4-9(12(10)15)8-17-13(18)11-6-1-2-7-16-11/h3-5,11,16H,1-2,6-8H2,(H,17,18). The van der Waals surface area contributed by atoms with Crippen LogP contribution in [0, 0.1) is 5.82 Å². The molecule has 0 radical (unpaired) electrons. The molecule has 98 valence electrons. The van der Waals surface area contributed by atoms with E-state index in [1.54, 1.807) is 12.1 Å². The molecule has 2 N–H and O–H groups in total. The number of hydrogen-bond acceptors (Lipinski definition) is 2. The van der Waals surface area contributed by atoms with Gasteiger partial charge in [0.25, 0.3) is 0 Å². The van der Waals surface area contributed by atoms with Crippen molar-refractivity contribution in [2.75, 3.05) is 6.54 Å². The Kier molecular flexibility index (Phi) is 4.55. The van der Waals surface area contributed by atoms with Crippen molar-refractivity contribution in [1.82, 2.24) is 10.6 Å². The second-order valence-corrected chi connectivity index (χ2v) is 4.84. The number of piperidine rings is 1. The SMILES string of the molecule is O=C(NCc1cccc(Cl)c1F)C1CCCCN1. The van der Waals surface area contributed by atoms with Gasteiger partial charge < -0.3 is 10.6 Å². The van der Waals surface area contributed by atoms with E-state index >= 15 is 0 Å². The fourth-order valence-corrected chi connectivity index (χ4v) is 2.26. The first-order valence-corrected chi connectivity index (χ1v) is 6.50. The van der Waals surface area contributed by atoms with Crippen molar-refractivity contribution in [3.8, 4) is 0 Å². The molecule has 1 fully saturated rings. The van der Waals surface area contributed by atoms with Crippen molar-refractivity contribution in [3.05, 3.63) is 34.6 Å². The topological polar surface area (TPSA) is 41.1 Å². The maximum absolute atomic E-state index is 13.6. The van der Waals surface area contributed by atoms with E-state index in [0.717, 1.165) is 25.8 Å². The molecule has 0 aromatic heterocycles.